The van der Waals surface area contributed by atoms with Crippen molar-refractivity contribution in [2.75, 3.05) is 0 Å². The Balaban J connectivity index is 1.69. The highest BCUT2D eigenvalue weighted by Gasteiger charge is 2.16. The van der Waals surface area contributed by atoms with E-state index in [9.17, 15) is 0 Å². The summed E-state index contributed by atoms with van der Waals surface area (Å²) in [5.74, 6) is 0. The van der Waals surface area contributed by atoms with E-state index >= 15 is 0 Å². The molecule has 0 bridgehead atoms. The summed E-state index contributed by atoms with van der Waals surface area (Å²) in [6.07, 6.45) is 2.80. The van der Waals surface area contributed by atoms with Gasteiger partial charge in [-0.25, -0.2) is 0 Å². The van der Waals surface area contributed by atoms with Crippen molar-refractivity contribution in [3.8, 4) is 0 Å². The molecular formula is C21H22N2. The Hall–Kier alpha value is -2.61. The maximum atomic E-state index is 4.72. The summed E-state index contributed by atoms with van der Waals surface area (Å²) in [6, 6.07) is 16.9. The van der Waals surface area contributed by atoms with E-state index < -0.39 is 0 Å². The molecule has 1 aliphatic heterocycles. The molecule has 116 valence electrons. The Bertz CT molecular complexity index is 783. The fourth-order valence-corrected chi connectivity index (χ4v) is 2.67. The van der Waals surface area contributed by atoms with Gasteiger partial charge in [0.15, 0.2) is 0 Å². The minimum absolute atomic E-state index is 0.800. The van der Waals surface area contributed by atoms with Gasteiger partial charge in [-0.1, -0.05) is 55.1 Å². The van der Waals surface area contributed by atoms with Crippen molar-refractivity contribution in [3.63, 3.8) is 0 Å². The maximum Gasteiger partial charge on any atom is 0.0819 e. The van der Waals surface area contributed by atoms with Crippen molar-refractivity contribution in [2.45, 2.75) is 26.8 Å². The van der Waals surface area contributed by atoms with Gasteiger partial charge in [0.2, 0.25) is 0 Å². The minimum Gasteiger partial charge on any atom is -0.385 e. The number of hydrogen-bond donors (Lipinski definition) is 1. The first-order valence-corrected chi connectivity index (χ1v) is 7.94. The fourth-order valence-electron chi connectivity index (χ4n) is 2.67. The van der Waals surface area contributed by atoms with Crippen molar-refractivity contribution < 1.29 is 0 Å². The molecule has 2 aromatic carbocycles. The first-order valence-electron chi connectivity index (χ1n) is 7.94. The Labute approximate surface area is 138 Å². The number of hydrogen-bond acceptors (Lipinski definition) is 2. The topological polar surface area (TPSA) is 24.4 Å². The normalized spacial score (nSPS) is 15.8. The molecular weight excluding hydrogens is 280 g/mol. The third-order valence-corrected chi connectivity index (χ3v) is 4.22. The molecule has 1 aliphatic rings. The van der Waals surface area contributed by atoms with Crippen LogP contribution in [0.2, 0.25) is 0 Å². The zero-order valence-electron chi connectivity index (χ0n) is 13.8. The average Bonchev–Trinajstić information content (AvgIpc) is 2.93. The summed E-state index contributed by atoms with van der Waals surface area (Å²) in [5.41, 5.74) is 8.21. The first-order chi connectivity index (χ1) is 11.1. The summed E-state index contributed by atoms with van der Waals surface area (Å²) in [7, 11) is 0. The molecule has 23 heavy (non-hydrogen) atoms. The SMILES string of the molecule is C=C1CC(c2ccccc2)=N/C1=C/NCc1ccc(C)c(C)c1. The van der Waals surface area contributed by atoms with Gasteiger partial charge in [0.1, 0.15) is 0 Å². The summed E-state index contributed by atoms with van der Waals surface area (Å²) >= 11 is 0. The van der Waals surface area contributed by atoms with Crippen molar-refractivity contribution in [1.82, 2.24) is 5.32 Å². The highest BCUT2D eigenvalue weighted by atomic mass is 14.9. The predicted octanol–water partition coefficient (Wildman–Crippen LogP) is 4.68. The van der Waals surface area contributed by atoms with Crippen LogP contribution >= 0.6 is 0 Å². The van der Waals surface area contributed by atoms with E-state index in [2.05, 4.69) is 56.1 Å². The Morgan fingerprint density at radius 1 is 1.09 bits per heavy atom. The molecule has 0 saturated carbocycles. The summed E-state index contributed by atoms with van der Waals surface area (Å²) in [6.45, 7) is 9.22. The zero-order valence-corrected chi connectivity index (χ0v) is 13.8. The Morgan fingerprint density at radius 3 is 2.61 bits per heavy atom. The van der Waals surface area contributed by atoms with Gasteiger partial charge < -0.3 is 5.32 Å². The molecule has 1 heterocycles. The minimum atomic E-state index is 0.800. The van der Waals surface area contributed by atoms with E-state index in [1.54, 1.807) is 0 Å². The highest BCUT2D eigenvalue weighted by Crippen LogP contribution is 2.25. The van der Waals surface area contributed by atoms with Crippen LogP contribution in [0, 0.1) is 13.8 Å². The lowest BCUT2D eigenvalue weighted by Gasteiger charge is -2.06. The maximum absolute atomic E-state index is 4.72. The number of rotatable bonds is 4. The molecule has 1 N–H and O–H groups in total. The molecule has 3 rings (SSSR count). The molecule has 0 aliphatic carbocycles. The third-order valence-electron chi connectivity index (χ3n) is 4.22. The van der Waals surface area contributed by atoms with Crippen LogP contribution in [-0.2, 0) is 6.54 Å². The van der Waals surface area contributed by atoms with E-state index in [4.69, 9.17) is 4.99 Å². The lowest BCUT2D eigenvalue weighted by atomic mass is 10.1. The number of aryl methyl sites for hydroxylation is 2. The second-order valence-electron chi connectivity index (χ2n) is 6.03. The van der Waals surface area contributed by atoms with Gasteiger partial charge in [0.25, 0.3) is 0 Å². The first kappa shape index (κ1) is 15.3. The number of nitrogens with zero attached hydrogens (tertiary/aromatic N) is 1. The predicted molar refractivity (Wildman–Crippen MR) is 97.6 cm³/mol. The smallest absolute Gasteiger partial charge is 0.0819 e. The van der Waals surface area contributed by atoms with E-state index in [1.807, 2.05) is 24.4 Å². The van der Waals surface area contributed by atoms with Crippen LogP contribution in [0.25, 0.3) is 0 Å². The Kier molecular flexibility index (Phi) is 4.42. The van der Waals surface area contributed by atoms with Crippen molar-refractivity contribution >= 4 is 5.71 Å². The van der Waals surface area contributed by atoms with Gasteiger partial charge in [0, 0.05) is 19.2 Å². The third kappa shape index (κ3) is 3.59. The quantitative estimate of drug-likeness (QED) is 0.871. The zero-order chi connectivity index (χ0) is 16.2. The molecule has 0 fully saturated rings. The molecule has 0 saturated heterocycles. The van der Waals surface area contributed by atoms with Gasteiger partial charge >= 0.3 is 0 Å². The van der Waals surface area contributed by atoms with Gasteiger partial charge in [-0.15, -0.1) is 0 Å². The van der Waals surface area contributed by atoms with Crippen molar-refractivity contribution in [1.29, 1.82) is 0 Å². The summed E-state index contributed by atoms with van der Waals surface area (Å²) < 4.78 is 0. The van der Waals surface area contributed by atoms with Crippen LogP contribution in [0.4, 0.5) is 0 Å². The van der Waals surface area contributed by atoms with Crippen LogP contribution in [0.1, 0.15) is 28.7 Å². The lowest BCUT2D eigenvalue weighted by Crippen LogP contribution is -2.06. The lowest BCUT2D eigenvalue weighted by molar-refractivity contribution is 0.859. The van der Waals surface area contributed by atoms with Crippen LogP contribution < -0.4 is 5.32 Å². The molecule has 2 heteroatoms. The molecule has 0 unspecified atom stereocenters. The number of nitrogens with one attached hydrogen (secondary N) is 1. The number of aliphatic imine (C=N–C) groups is 1. The van der Waals surface area contributed by atoms with Crippen LogP contribution in [0.5, 0.6) is 0 Å². The molecule has 0 aromatic heterocycles. The van der Waals surface area contributed by atoms with Crippen LogP contribution in [-0.4, -0.2) is 5.71 Å². The average molecular weight is 302 g/mol. The molecule has 0 amide bonds. The number of allylic oxidation sites excluding steroid dienone is 1. The van der Waals surface area contributed by atoms with Crippen molar-refractivity contribution in [2.24, 2.45) is 4.99 Å². The van der Waals surface area contributed by atoms with Gasteiger partial charge in [-0.3, -0.25) is 4.99 Å². The standard InChI is InChI=1S/C21H22N2/c1-15-9-10-18(11-16(15)2)13-22-14-21-17(3)12-20(23-21)19-7-5-4-6-8-19/h4-11,14,22H,3,12-13H2,1-2H3/b21-14+. The largest absolute Gasteiger partial charge is 0.385 e. The highest BCUT2D eigenvalue weighted by molar-refractivity contribution is 6.05. The molecule has 2 nitrogen and oxygen atoms in total. The van der Waals surface area contributed by atoms with Crippen LogP contribution in [0.15, 0.2) is 77.6 Å². The molecule has 2 aromatic rings. The van der Waals surface area contributed by atoms with E-state index in [-0.39, 0.29) is 0 Å². The molecule has 0 spiro atoms. The summed E-state index contributed by atoms with van der Waals surface area (Å²) in [5, 5.41) is 3.36. The van der Waals surface area contributed by atoms with Gasteiger partial charge in [-0.05, 0) is 41.7 Å². The Morgan fingerprint density at radius 2 is 1.87 bits per heavy atom. The summed E-state index contributed by atoms with van der Waals surface area (Å²) in [4.78, 5) is 4.72. The van der Waals surface area contributed by atoms with Gasteiger partial charge in [-0.2, -0.15) is 0 Å². The molecule has 0 atom stereocenters. The monoisotopic (exact) mass is 302 g/mol. The fraction of sp³-hybridized carbons (Fsp3) is 0.190. The van der Waals surface area contributed by atoms with E-state index in [0.717, 1.165) is 29.9 Å². The second-order valence-corrected chi connectivity index (χ2v) is 6.03. The van der Waals surface area contributed by atoms with Crippen LogP contribution in [0.3, 0.4) is 0 Å². The van der Waals surface area contributed by atoms with E-state index in [1.165, 1.54) is 22.3 Å². The van der Waals surface area contributed by atoms with Crippen molar-refractivity contribution in [3.05, 3.63) is 94.8 Å². The number of benzene rings is 2. The van der Waals surface area contributed by atoms with Gasteiger partial charge in [0.05, 0.1) is 11.4 Å². The second kappa shape index (κ2) is 6.66. The molecule has 0 radical (unpaired) electrons. The van der Waals surface area contributed by atoms with E-state index in [0.29, 0.717) is 0 Å².